The van der Waals surface area contributed by atoms with E-state index in [1.807, 2.05) is 0 Å². The molecule has 110 valence electrons. The lowest BCUT2D eigenvalue weighted by Gasteiger charge is -2.04. The predicted octanol–water partition coefficient (Wildman–Crippen LogP) is 1.29. The Hall–Kier alpha value is -2.31. The summed E-state index contributed by atoms with van der Waals surface area (Å²) in [5, 5.41) is 9.91. The Morgan fingerprint density at radius 3 is 2.67 bits per heavy atom. The number of H-pyrrole nitrogens is 1. The van der Waals surface area contributed by atoms with Gasteiger partial charge in [-0.2, -0.15) is 0 Å². The van der Waals surface area contributed by atoms with Crippen LogP contribution in [0.4, 0.5) is 8.63 Å². The van der Waals surface area contributed by atoms with E-state index < -0.39 is 13.4 Å². The Morgan fingerprint density at radius 2 is 2.05 bits per heavy atom. The summed E-state index contributed by atoms with van der Waals surface area (Å²) in [6.07, 6.45) is 3.07. The van der Waals surface area contributed by atoms with Crippen molar-refractivity contribution in [3.63, 3.8) is 0 Å². The fourth-order valence-electron chi connectivity index (χ4n) is 2.26. The number of aromatic amines is 1. The first-order valence-electron chi connectivity index (χ1n) is 6.44. The monoisotopic (exact) mass is 292 g/mol. The first-order valence-corrected chi connectivity index (χ1v) is 6.44. The molecule has 0 amide bonds. The van der Waals surface area contributed by atoms with Crippen molar-refractivity contribution in [1.29, 1.82) is 0 Å². The van der Waals surface area contributed by atoms with Gasteiger partial charge in [-0.15, -0.1) is 0 Å². The van der Waals surface area contributed by atoms with E-state index in [1.54, 1.807) is 38.1 Å². The number of aryl methyl sites for hydroxylation is 2. The Kier molecular flexibility index (Phi) is 4.30. The van der Waals surface area contributed by atoms with Gasteiger partial charge in [-0.05, 0) is 49.8 Å². The third kappa shape index (κ3) is 3.42. The van der Waals surface area contributed by atoms with Crippen LogP contribution in [-0.2, 0) is 4.79 Å². The van der Waals surface area contributed by atoms with Crippen molar-refractivity contribution >= 4 is 25.5 Å². The minimum Gasteiger partial charge on any atom is -0.481 e. The molecule has 0 fully saturated rings. The zero-order chi connectivity index (χ0) is 15.6. The van der Waals surface area contributed by atoms with Crippen LogP contribution >= 0.6 is 0 Å². The number of halogens is 2. The van der Waals surface area contributed by atoms with Gasteiger partial charge in [-0.3, -0.25) is 13.4 Å². The van der Waals surface area contributed by atoms with Crippen molar-refractivity contribution in [3.05, 3.63) is 45.8 Å². The minimum absolute atomic E-state index is 0.0918. The van der Waals surface area contributed by atoms with Gasteiger partial charge in [0.1, 0.15) is 0 Å². The number of aromatic nitrogens is 2. The molecule has 2 heterocycles. The van der Waals surface area contributed by atoms with Crippen LogP contribution in [-0.4, -0.2) is 27.9 Å². The second kappa shape index (κ2) is 5.99. The van der Waals surface area contributed by atoms with Crippen molar-refractivity contribution in [2.75, 3.05) is 0 Å². The molecule has 2 rings (SSSR count). The molecule has 7 heteroatoms. The molecular weight excluding hydrogens is 277 g/mol. The second-order valence-electron chi connectivity index (χ2n) is 4.82. The zero-order valence-corrected chi connectivity index (χ0v) is 11.7. The number of rotatable bonds is 4. The summed E-state index contributed by atoms with van der Waals surface area (Å²) in [6, 6.07) is 5.15. The minimum atomic E-state index is -2.60. The first-order chi connectivity index (χ1) is 9.88. The fraction of sp³-hybridized carbons (Fsp3) is 0.214. The van der Waals surface area contributed by atoms with Crippen LogP contribution in [0.1, 0.15) is 23.4 Å². The average Bonchev–Trinajstić information content (AvgIpc) is 2.93. The molecule has 0 aromatic carbocycles. The molecule has 4 nitrogen and oxygen atoms in total. The van der Waals surface area contributed by atoms with Gasteiger partial charge in [0.05, 0.1) is 6.42 Å². The highest BCUT2D eigenvalue weighted by molar-refractivity contribution is 6.41. The Labute approximate surface area is 120 Å². The van der Waals surface area contributed by atoms with Gasteiger partial charge in [0.2, 0.25) is 0 Å². The first kappa shape index (κ1) is 15.1. The summed E-state index contributed by atoms with van der Waals surface area (Å²) in [5.74, 6) is -0.923. The van der Waals surface area contributed by atoms with Crippen LogP contribution in [0, 0.1) is 13.8 Å². The van der Waals surface area contributed by atoms with Crippen LogP contribution in [0.25, 0.3) is 12.2 Å². The van der Waals surface area contributed by atoms with Crippen molar-refractivity contribution in [3.8, 4) is 0 Å². The molecule has 0 saturated heterocycles. The number of nitrogens with one attached hydrogen (secondary N) is 1. The highest BCUT2D eigenvalue weighted by atomic mass is 19.2. The third-order valence-corrected chi connectivity index (χ3v) is 3.18. The van der Waals surface area contributed by atoms with E-state index in [0.717, 1.165) is 10.0 Å². The molecule has 0 aliphatic heterocycles. The van der Waals surface area contributed by atoms with E-state index in [0.29, 0.717) is 22.1 Å². The average molecular weight is 292 g/mol. The molecular formula is C14H15BF2N2O2. The Morgan fingerprint density at radius 1 is 1.38 bits per heavy atom. The van der Waals surface area contributed by atoms with Crippen molar-refractivity contribution in [2.45, 2.75) is 20.3 Å². The summed E-state index contributed by atoms with van der Waals surface area (Å²) in [4.78, 5) is 13.5. The molecule has 0 bridgehead atoms. The lowest BCUT2D eigenvalue weighted by molar-refractivity contribution is -0.135. The molecule has 0 radical (unpaired) electrons. The van der Waals surface area contributed by atoms with E-state index in [-0.39, 0.29) is 6.42 Å². The standard InChI is InChI=1S/C14H15BF2N2O2/c1-9-7-10(2)19(15(16)17)13(9)8-12-4-3-11(18-12)5-6-14(20)21/h3-5,7-8,18H,6H2,1-2H3,(H,20,21). The topological polar surface area (TPSA) is 58.0 Å². The maximum absolute atomic E-state index is 13.1. The maximum atomic E-state index is 13.1. The van der Waals surface area contributed by atoms with Gasteiger partial charge < -0.3 is 14.6 Å². The molecule has 0 spiro atoms. The van der Waals surface area contributed by atoms with Gasteiger partial charge >= 0.3 is 13.4 Å². The van der Waals surface area contributed by atoms with Crippen molar-refractivity contribution in [2.24, 2.45) is 0 Å². The summed E-state index contributed by atoms with van der Waals surface area (Å²) in [7, 11) is -2.60. The third-order valence-electron chi connectivity index (χ3n) is 3.18. The lowest BCUT2D eigenvalue weighted by atomic mass is 10.2. The zero-order valence-electron chi connectivity index (χ0n) is 11.7. The fourth-order valence-corrected chi connectivity index (χ4v) is 2.26. The smallest absolute Gasteiger partial charge is 0.481 e. The summed E-state index contributed by atoms with van der Waals surface area (Å²) >= 11 is 0. The van der Waals surface area contributed by atoms with Gasteiger partial charge in [0.15, 0.2) is 0 Å². The van der Waals surface area contributed by atoms with Crippen molar-refractivity contribution in [1.82, 2.24) is 9.46 Å². The number of carbonyl (C=O) groups is 1. The van der Waals surface area contributed by atoms with Crippen LogP contribution in [0.3, 0.4) is 0 Å². The van der Waals surface area contributed by atoms with Crippen molar-refractivity contribution < 1.29 is 18.5 Å². The number of carboxylic acid groups (broad SMARTS) is 1. The van der Waals surface area contributed by atoms with E-state index in [4.69, 9.17) is 5.11 Å². The number of hydrogen-bond donors (Lipinski definition) is 2. The van der Waals surface area contributed by atoms with Gasteiger partial charge in [0, 0.05) is 22.1 Å². The molecule has 2 aromatic rings. The van der Waals surface area contributed by atoms with Gasteiger partial charge in [-0.1, -0.05) is 0 Å². The van der Waals surface area contributed by atoms with E-state index in [2.05, 4.69) is 4.98 Å². The number of carboxylic acids is 1. The summed E-state index contributed by atoms with van der Waals surface area (Å²) in [6.45, 7) is 3.41. The molecule has 0 aliphatic carbocycles. The summed E-state index contributed by atoms with van der Waals surface area (Å²) in [5.41, 5.74) is 1.70. The molecule has 0 aliphatic rings. The van der Waals surface area contributed by atoms with E-state index >= 15 is 0 Å². The van der Waals surface area contributed by atoms with Gasteiger partial charge in [-0.25, -0.2) is 0 Å². The molecule has 0 atom stereocenters. The number of hydrogen-bond acceptors (Lipinski definition) is 1. The largest absolute Gasteiger partial charge is 0.677 e. The molecule has 2 aromatic heterocycles. The number of aliphatic carboxylic acids is 1. The highest BCUT2D eigenvalue weighted by Crippen LogP contribution is 2.17. The van der Waals surface area contributed by atoms with E-state index in [9.17, 15) is 13.4 Å². The number of nitrogens with zero attached hydrogens (tertiary/aromatic N) is 1. The normalized spacial score (nSPS) is 13.0. The highest BCUT2D eigenvalue weighted by Gasteiger charge is 2.22. The maximum Gasteiger partial charge on any atom is 0.677 e. The molecule has 0 unspecified atom stereocenters. The Bertz CT molecular complexity index is 777. The van der Waals surface area contributed by atoms with Crippen LogP contribution in [0.5, 0.6) is 0 Å². The van der Waals surface area contributed by atoms with Crippen LogP contribution in [0.2, 0.25) is 0 Å². The SMILES string of the molecule is Cc1cc(C)n(B(F)F)c1C=c1ccc(=CCC(=O)O)[nH]1. The lowest BCUT2D eigenvalue weighted by Crippen LogP contribution is -2.18. The van der Waals surface area contributed by atoms with Crippen LogP contribution < -0.4 is 10.7 Å². The molecule has 0 saturated carbocycles. The van der Waals surface area contributed by atoms with Crippen LogP contribution in [0.15, 0.2) is 18.2 Å². The quantitative estimate of drug-likeness (QED) is 0.834. The molecule has 21 heavy (non-hydrogen) atoms. The molecule has 2 N–H and O–H groups in total. The Balaban J connectivity index is 2.46. The second-order valence-corrected chi connectivity index (χ2v) is 4.82. The van der Waals surface area contributed by atoms with Gasteiger partial charge in [0.25, 0.3) is 0 Å². The summed E-state index contributed by atoms with van der Waals surface area (Å²) < 4.78 is 27.1. The van der Waals surface area contributed by atoms with E-state index in [1.165, 1.54) is 6.08 Å². The predicted molar refractivity (Wildman–Crippen MR) is 77.6 cm³/mol.